The molecule has 0 unspecified atom stereocenters. The van der Waals surface area contributed by atoms with E-state index in [2.05, 4.69) is 10.2 Å². The molecule has 8 nitrogen and oxygen atoms in total. The summed E-state index contributed by atoms with van der Waals surface area (Å²) in [4.78, 5) is 11.8. The molecule has 2 aromatic rings. The lowest BCUT2D eigenvalue weighted by Gasteiger charge is -2.12. The Hall–Kier alpha value is -2.00. The van der Waals surface area contributed by atoms with Crippen LogP contribution >= 0.6 is 0 Å². The fourth-order valence-electron chi connectivity index (χ4n) is 1.64. The van der Waals surface area contributed by atoms with Gasteiger partial charge in [-0.15, -0.1) is 10.2 Å². The highest BCUT2D eigenvalue weighted by Gasteiger charge is 2.18. The van der Waals surface area contributed by atoms with Gasteiger partial charge in [0.25, 0.3) is 5.56 Å². The van der Waals surface area contributed by atoms with Crippen molar-refractivity contribution in [2.45, 2.75) is 24.8 Å². The van der Waals surface area contributed by atoms with Crippen molar-refractivity contribution in [2.24, 2.45) is 0 Å². The van der Waals surface area contributed by atoms with E-state index in [-0.39, 0.29) is 22.9 Å². The monoisotopic (exact) mass is 312 g/mol. The Morgan fingerprint density at radius 1 is 1.24 bits per heavy atom. The summed E-state index contributed by atoms with van der Waals surface area (Å²) in [5.74, 6) is 0.725. The first-order chi connectivity index (χ1) is 9.84. The van der Waals surface area contributed by atoms with Gasteiger partial charge < -0.3 is 8.98 Å². The third kappa shape index (κ3) is 3.19. The molecule has 0 aliphatic rings. The number of hydrogen-bond donors (Lipinski definition) is 0. The lowest BCUT2D eigenvalue weighted by Crippen LogP contribution is -2.26. The first-order valence-electron chi connectivity index (χ1n) is 6.29. The van der Waals surface area contributed by atoms with Crippen LogP contribution in [0.25, 0.3) is 0 Å². The SMILES string of the molecule is CCc1nnc(Cn2cc(S(=O)(=O)N(C)C)ccc2=O)o1. The van der Waals surface area contributed by atoms with E-state index in [9.17, 15) is 13.2 Å². The molecule has 9 heteroatoms. The van der Waals surface area contributed by atoms with Gasteiger partial charge in [-0.2, -0.15) is 0 Å². The van der Waals surface area contributed by atoms with Crippen molar-refractivity contribution in [3.63, 3.8) is 0 Å². The fraction of sp³-hybridized carbons (Fsp3) is 0.417. The second-order valence-corrected chi connectivity index (χ2v) is 6.71. The molecule has 0 aliphatic carbocycles. The minimum atomic E-state index is -3.60. The second kappa shape index (κ2) is 5.78. The van der Waals surface area contributed by atoms with E-state index >= 15 is 0 Å². The van der Waals surface area contributed by atoms with Gasteiger partial charge in [-0.25, -0.2) is 12.7 Å². The Morgan fingerprint density at radius 2 is 1.90 bits per heavy atom. The molecule has 0 saturated heterocycles. The summed E-state index contributed by atoms with van der Waals surface area (Å²) >= 11 is 0. The molecule has 2 aromatic heterocycles. The summed E-state index contributed by atoms with van der Waals surface area (Å²) < 4.78 is 31.7. The molecule has 114 valence electrons. The van der Waals surface area contributed by atoms with Crippen LogP contribution in [-0.4, -0.2) is 41.6 Å². The smallest absolute Gasteiger partial charge is 0.251 e. The Balaban J connectivity index is 2.38. The minimum Gasteiger partial charge on any atom is -0.423 e. The highest BCUT2D eigenvalue weighted by molar-refractivity contribution is 7.89. The number of pyridine rings is 1. The maximum absolute atomic E-state index is 12.1. The number of sulfonamides is 1. The first kappa shape index (κ1) is 15.4. The fourth-order valence-corrected chi connectivity index (χ4v) is 2.56. The van der Waals surface area contributed by atoms with Crippen LogP contribution in [-0.2, 0) is 23.0 Å². The summed E-state index contributed by atoms with van der Waals surface area (Å²) in [6, 6.07) is 2.48. The average molecular weight is 312 g/mol. The van der Waals surface area contributed by atoms with Crippen molar-refractivity contribution < 1.29 is 12.8 Å². The molecule has 0 N–H and O–H groups in total. The molecular weight excluding hydrogens is 296 g/mol. The van der Waals surface area contributed by atoms with Crippen molar-refractivity contribution in [2.75, 3.05) is 14.1 Å². The Kier molecular flexibility index (Phi) is 4.24. The van der Waals surface area contributed by atoms with Crippen LogP contribution in [0.4, 0.5) is 0 Å². The molecular formula is C12H16N4O4S. The van der Waals surface area contributed by atoms with Gasteiger partial charge in [0, 0.05) is 32.8 Å². The zero-order valence-electron chi connectivity index (χ0n) is 12.0. The summed E-state index contributed by atoms with van der Waals surface area (Å²) in [6.07, 6.45) is 1.87. The molecule has 0 amide bonds. The van der Waals surface area contributed by atoms with Crippen LogP contribution in [0.1, 0.15) is 18.7 Å². The van der Waals surface area contributed by atoms with Crippen LogP contribution in [0, 0.1) is 0 Å². The van der Waals surface area contributed by atoms with Crippen molar-refractivity contribution in [3.05, 3.63) is 40.5 Å². The number of rotatable bonds is 5. The molecule has 0 saturated carbocycles. The molecule has 0 aromatic carbocycles. The predicted octanol–water partition coefficient (Wildman–Crippen LogP) is 0.0923. The van der Waals surface area contributed by atoms with E-state index in [0.717, 1.165) is 4.31 Å². The normalized spacial score (nSPS) is 12.0. The number of aromatic nitrogens is 3. The van der Waals surface area contributed by atoms with Gasteiger partial charge in [0.05, 0.1) is 4.90 Å². The molecule has 21 heavy (non-hydrogen) atoms. The van der Waals surface area contributed by atoms with Gasteiger partial charge in [-0.05, 0) is 6.07 Å². The summed E-state index contributed by atoms with van der Waals surface area (Å²) in [5.41, 5.74) is -0.344. The van der Waals surface area contributed by atoms with E-state index in [1.54, 1.807) is 0 Å². The van der Waals surface area contributed by atoms with E-state index < -0.39 is 10.0 Å². The maximum Gasteiger partial charge on any atom is 0.251 e. The number of nitrogens with zero attached hydrogens (tertiary/aromatic N) is 4. The molecule has 2 rings (SSSR count). The third-order valence-corrected chi connectivity index (χ3v) is 4.65. The quantitative estimate of drug-likeness (QED) is 0.776. The highest BCUT2D eigenvalue weighted by Crippen LogP contribution is 2.11. The average Bonchev–Trinajstić information content (AvgIpc) is 2.88. The summed E-state index contributed by atoms with van der Waals surface area (Å²) in [6.45, 7) is 1.90. The van der Waals surface area contributed by atoms with Gasteiger partial charge in [0.1, 0.15) is 6.54 Å². The molecule has 0 spiro atoms. The number of hydrogen-bond acceptors (Lipinski definition) is 6. The molecule has 0 atom stereocenters. The lowest BCUT2D eigenvalue weighted by atomic mass is 10.4. The van der Waals surface area contributed by atoms with Gasteiger partial charge in [-0.1, -0.05) is 6.92 Å². The molecule has 0 radical (unpaired) electrons. The first-order valence-corrected chi connectivity index (χ1v) is 7.73. The van der Waals surface area contributed by atoms with Gasteiger partial charge in [0.15, 0.2) is 0 Å². The van der Waals surface area contributed by atoms with Crippen molar-refractivity contribution >= 4 is 10.0 Å². The predicted molar refractivity (Wildman–Crippen MR) is 74.4 cm³/mol. The van der Waals surface area contributed by atoms with Crippen molar-refractivity contribution in [3.8, 4) is 0 Å². The van der Waals surface area contributed by atoms with E-state index in [1.165, 1.54) is 37.0 Å². The van der Waals surface area contributed by atoms with Gasteiger partial charge in [0.2, 0.25) is 21.8 Å². The van der Waals surface area contributed by atoms with E-state index in [4.69, 9.17) is 4.42 Å². The standard InChI is InChI=1S/C12H16N4O4S/c1-4-10-13-14-11(20-10)8-16-7-9(5-6-12(16)17)21(18,19)15(2)3/h5-7H,4,8H2,1-3H3. The minimum absolute atomic E-state index is 0.0299. The van der Waals surface area contributed by atoms with Crippen LogP contribution < -0.4 is 5.56 Å². The van der Waals surface area contributed by atoms with Crippen LogP contribution in [0.2, 0.25) is 0 Å². The van der Waals surface area contributed by atoms with E-state index in [0.29, 0.717) is 12.3 Å². The second-order valence-electron chi connectivity index (χ2n) is 4.56. The van der Waals surface area contributed by atoms with Crippen molar-refractivity contribution in [1.82, 2.24) is 19.1 Å². The van der Waals surface area contributed by atoms with Gasteiger partial charge in [-0.3, -0.25) is 4.79 Å². The summed E-state index contributed by atoms with van der Waals surface area (Å²) in [5, 5.41) is 7.62. The summed E-state index contributed by atoms with van der Waals surface area (Å²) in [7, 11) is -0.747. The lowest BCUT2D eigenvalue weighted by molar-refractivity contribution is 0.438. The molecule has 0 aliphatic heterocycles. The molecule has 0 bridgehead atoms. The zero-order chi connectivity index (χ0) is 15.6. The van der Waals surface area contributed by atoms with Crippen LogP contribution in [0.15, 0.2) is 32.4 Å². The zero-order valence-corrected chi connectivity index (χ0v) is 12.8. The molecule has 0 fully saturated rings. The Morgan fingerprint density at radius 3 is 2.48 bits per heavy atom. The van der Waals surface area contributed by atoms with Crippen LogP contribution in [0.5, 0.6) is 0 Å². The van der Waals surface area contributed by atoms with Gasteiger partial charge >= 0.3 is 0 Å². The maximum atomic E-state index is 12.1. The topological polar surface area (TPSA) is 98.3 Å². The third-order valence-electron chi connectivity index (χ3n) is 2.85. The number of aryl methyl sites for hydroxylation is 1. The Labute approximate surface area is 122 Å². The van der Waals surface area contributed by atoms with E-state index in [1.807, 2.05) is 6.92 Å². The largest absolute Gasteiger partial charge is 0.423 e. The van der Waals surface area contributed by atoms with Crippen LogP contribution in [0.3, 0.4) is 0 Å². The highest BCUT2D eigenvalue weighted by atomic mass is 32.2. The molecule has 2 heterocycles. The van der Waals surface area contributed by atoms with Crippen molar-refractivity contribution in [1.29, 1.82) is 0 Å². The Bertz CT molecular complexity index is 792.